The minimum atomic E-state index is -0.877. The first-order valence-corrected chi connectivity index (χ1v) is 19.4. The third-order valence-corrected chi connectivity index (χ3v) is 26.4. The monoisotopic (exact) mass is 582 g/mol. The summed E-state index contributed by atoms with van der Waals surface area (Å²) in [5, 5.41) is 18.3. The molecule has 0 fully saturated rings. The van der Waals surface area contributed by atoms with Gasteiger partial charge in [-0.3, -0.25) is 0 Å². The SMILES string of the molecule is O=C(O)c1ccccc1[Te][Se][Te]c1ccccc1C(=O)O. The van der Waals surface area contributed by atoms with Crippen molar-refractivity contribution in [2.75, 3.05) is 0 Å². The van der Waals surface area contributed by atoms with Crippen LogP contribution in [-0.2, 0) is 0 Å². The van der Waals surface area contributed by atoms with Gasteiger partial charge in [-0.2, -0.15) is 0 Å². The van der Waals surface area contributed by atoms with Crippen molar-refractivity contribution in [3.05, 3.63) is 59.7 Å². The van der Waals surface area contributed by atoms with E-state index in [1.807, 2.05) is 24.3 Å². The standard InChI is InChI=1S/C14H10O4SeTe2/c15-13(16)9-5-1-3-7-11(9)20-19-21-12-8-4-2-6-10(12)14(17)18/h1-8H,(H,15,16)(H,17,18). The van der Waals surface area contributed by atoms with Gasteiger partial charge in [-0.1, -0.05) is 0 Å². The van der Waals surface area contributed by atoms with Crippen molar-refractivity contribution in [3.8, 4) is 0 Å². The average Bonchev–Trinajstić information content (AvgIpc) is 2.48. The van der Waals surface area contributed by atoms with Gasteiger partial charge in [0.05, 0.1) is 0 Å². The van der Waals surface area contributed by atoms with E-state index in [1.54, 1.807) is 24.3 Å². The van der Waals surface area contributed by atoms with Crippen LogP contribution >= 0.6 is 0 Å². The number of rotatable bonds is 6. The number of hydrogen-bond acceptors (Lipinski definition) is 2. The molecule has 0 unspecified atom stereocenters. The van der Waals surface area contributed by atoms with E-state index in [4.69, 9.17) is 10.2 Å². The van der Waals surface area contributed by atoms with E-state index < -0.39 is 49.3 Å². The van der Waals surface area contributed by atoms with E-state index in [9.17, 15) is 9.59 Å². The van der Waals surface area contributed by atoms with Gasteiger partial charge in [0.2, 0.25) is 0 Å². The fourth-order valence-electron chi connectivity index (χ4n) is 1.52. The van der Waals surface area contributed by atoms with Crippen molar-refractivity contribution < 1.29 is 19.8 Å². The number of carbonyl (C=O) groups is 2. The Balaban J connectivity index is 2.06. The topological polar surface area (TPSA) is 74.6 Å². The fraction of sp³-hybridized carbons (Fsp3) is 0. The Bertz CT molecular complexity index is 618. The van der Waals surface area contributed by atoms with Crippen LogP contribution in [0.15, 0.2) is 48.5 Å². The van der Waals surface area contributed by atoms with Crippen LogP contribution in [0.25, 0.3) is 0 Å². The Morgan fingerprint density at radius 3 is 1.52 bits per heavy atom. The summed E-state index contributed by atoms with van der Waals surface area (Å²) in [5.74, 6) is -1.75. The van der Waals surface area contributed by atoms with E-state index in [-0.39, 0.29) is 0 Å². The van der Waals surface area contributed by atoms with E-state index in [0.29, 0.717) is 19.7 Å². The summed E-state index contributed by atoms with van der Waals surface area (Å²) >= 11 is -1.07. The maximum absolute atomic E-state index is 11.2. The molecule has 0 radical (unpaired) electrons. The molecule has 108 valence electrons. The molecule has 2 aromatic carbocycles. The summed E-state index contributed by atoms with van der Waals surface area (Å²) < 4.78 is 1.93. The van der Waals surface area contributed by atoms with Gasteiger partial charge in [0.15, 0.2) is 0 Å². The quantitative estimate of drug-likeness (QED) is 0.475. The third kappa shape index (κ3) is 4.73. The van der Waals surface area contributed by atoms with Crippen LogP contribution in [0, 0.1) is 0 Å². The van der Waals surface area contributed by atoms with Gasteiger partial charge in [-0.15, -0.1) is 0 Å². The first kappa shape index (κ1) is 16.8. The Morgan fingerprint density at radius 2 is 1.14 bits per heavy atom. The molecule has 0 saturated heterocycles. The molecule has 0 amide bonds. The third-order valence-electron chi connectivity index (χ3n) is 2.48. The molecule has 0 bridgehead atoms. The van der Waals surface area contributed by atoms with Gasteiger partial charge in [-0.05, 0) is 0 Å². The molecule has 0 spiro atoms. The summed E-state index contributed by atoms with van der Waals surface area (Å²) in [6, 6.07) is 14.3. The molecule has 2 N–H and O–H groups in total. The van der Waals surface area contributed by atoms with Crippen LogP contribution in [0.4, 0.5) is 0 Å². The molecule has 0 heterocycles. The summed E-state index contributed by atoms with van der Waals surface area (Å²) in [4.78, 5) is 22.3. The van der Waals surface area contributed by atoms with Crippen LogP contribution in [0.1, 0.15) is 20.7 Å². The van der Waals surface area contributed by atoms with Gasteiger partial charge in [0.1, 0.15) is 0 Å². The Hall–Kier alpha value is -0.521. The molecule has 0 saturated carbocycles. The molecular formula is C14H10O4SeTe2. The molecule has 4 nitrogen and oxygen atoms in total. The first-order chi connectivity index (χ1) is 10.1. The summed E-state index contributed by atoms with van der Waals surface area (Å²) in [5.41, 5.74) is 0.807. The average molecular weight is 576 g/mol. The van der Waals surface area contributed by atoms with Gasteiger partial charge in [0, 0.05) is 0 Å². The van der Waals surface area contributed by atoms with Crippen molar-refractivity contribution in [1.29, 1.82) is 0 Å². The van der Waals surface area contributed by atoms with E-state index in [2.05, 4.69) is 0 Å². The second kappa shape index (κ2) is 8.20. The van der Waals surface area contributed by atoms with Crippen LogP contribution in [0.3, 0.4) is 0 Å². The van der Waals surface area contributed by atoms with Crippen molar-refractivity contribution in [2.45, 2.75) is 0 Å². The van der Waals surface area contributed by atoms with E-state index in [0.717, 1.165) is 7.22 Å². The van der Waals surface area contributed by atoms with Crippen LogP contribution < -0.4 is 7.22 Å². The molecule has 2 rings (SSSR count). The fourth-order valence-corrected chi connectivity index (χ4v) is 28.8. The summed E-state index contributed by atoms with van der Waals surface area (Å²) in [6.45, 7) is 0. The van der Waals surface area contributed by atoms with Crippen molar-refractivity contribution >= 4 is 65.1 Å². The van der Waals surface area contributed by atoms with Crippen molar-refractivity contribution in [3.63, 3.8) is 0 Å². The summed E-state index contributed by atoms with van der Waals surface area (Å²) in [7, 11) is 0.368. The minimum absolute atomic E-state index is 0.368. The number of aromatic carboxylic acids is 2. The van der Waals surface area contributed by atoms with Crippen molar-refractivity contribution in [2.24, 2.45) is 0 Å². The number of carboxylic acids is 2. The zero-order valence-corrected chi connectivity index (χ0v) is 16.9. The van der Waals surface area contributed by atoms with Crippen LogP contribution in [0.5, 0.6) is 0 Å². The Kier molecular flexibility index (Phi) is 6.58. The molecule has 0 aliphatic carbocycles. The zero-order chi connectivity index (χ0) is 15.2. The molecule has 7 heteroatoms. The molecule has 0 atom stereocenters. The van der Waals surface area contributed by atoms with Gasteiger partial charge < -0.3 is 0 Å². The first-order valence-electron chi connectivity index (χ1n) is 5.75. The molecule has 0 aliphatic heterocycles. The van der Waals surface area contributed by atoms with Crippen molar-refractivity contribution in [1.82, 2.24) is 0 Å². The van der Waals surface area contributed by atoms with Gasteiger partial charge >= 0.3 is 145 Å². The predicted octanol–water partition coefficient (Wildman–Crippen LogP) is -0.0236. The molecular weight excluding hydrogens is 566 g/mol. The number of carboxylic acid groups (broad SMARTS) is 2. The van der Waals surface area contributed by atoms with Gasteiger partial charge in [0.25, 0.3) is 0 Å². The molecule has 21 heavy (non-hydrogen) atoms. The zero-order valence-electron chi connectivity index (χ0n) is 10.6. The number of benzene rings is 2. The Labute approximate surface area is 143 Å². The number of hydrogen-bond donors (Lipinski definition) is 2. The second-order valence-corrected chi connectivity index (χ2v) is 27.8. The molecule has 0 aromatic heterocycles. The maximum atomic E-state index is 11.2. The van der Waals surface area contributed by atoms with Gasteiger partial charge in [-0.25, -0.2) is 0 Å². The molecule has 0 aliphatic rings. The van der Waals surface area contributed by atoms with E-state index in [1.165, 1.54) is 0 Å². The summed E-state index contributed by atoms with van der Waals surface area (Å²) in [6.07, 6.45) is 0. The molecule has 2 aromatic rings. The van der Waals surface area contributed by atoms with E-state index >= 15 is 0 Å². The predicted molar refractivity (Wildman–Crippen MR) is 83.3 cm³/mol. The van der Waals surface area contributed by atoms with Crippen LogP contribution in [0.2, 0.25) is 0 Å². The second-order valence-electron chi connectivity index (χ2n) is 3.84. The normalized spacial score (nSPS) is 10.3. The Morgan fingerprint density at radius 1 is 0.762 bits per heavy atom. The van der Waals surface area contributed by atoms with Crippen LogP contribution in [-0.4, -0.2) is 68.1 Å².